The Balaban J connectivity index is 2.95. The average molecular weight is 329 g/mol. The Labute approximate surface area is 133 Å². The largest absolute Gasteiger partial charge is 0.464 e. The van der Waals surface area contributed by atoms with Crippen molar-refractivity contribution in [3.8, 4) is 0 Å². The SMILES string of the molecule is COC(=O)C1=CC[C@H](O[Si](C)(C)C(C)(C)C)CN1C(=O)OC. The zero-order valence-corrected chi connectivity index (χ0v) is 15.6. The van der Waals surface area contributed by atoms with Gasteiger partial charge >= 0.3 is 12.1 Å². The zero-order chi connectivity index (χ0) is 17.1. The summed E-state index contributed by atoms with van der Waals surface area (Å²) in [7, 11) is 0.627. The molecule has 0 saturated carbocycles. The number of methoxy groups -OCH3 is 2. The van der Waals surface area contributed by atoms with Gasteiger partial charge in [0, 0.05) is 0 Å². The zero-order valence-electron chi connectivity index (χ0n) is 14.6. The van der Waals surface area contributed by atoms with Crippen LogP contribution in [0.3, 0.4) is 0 Å². The Morgan fingerprint density at radius 2 is 1.82 bits per heavy atom. The fourth-order valence-corrected chi connectivity index (χ4v) is 3.35. The second-order valence-corrected chi connectivity index (χ2v) is 11.7. The quantitative estimate of drug-likeness (QED) is 0.588. The van der Waals surface area contributed by atoms with Crippen molar-refractivity contribution in [2.24, 2.45) is 0 Å². The summed E-state index contributed by atoms with van der Waals surface area (Å²) in [6.07, 6.45) is 1.53. The second kappa shape index (κ2) is 6.83. The molecule has 0 aromatic carbocycles. The van der Waals surface area contributed by atoms with Gasteiger partial charge in [-0.15, -0.1) is 0 Å². The van der Waals surface area contributed by atoms with Crippen LogP contribution in [0.25, 0.3) is 0 Å². The van der Waals surface area contributed by atoms with E-state index in [0.29, 0.717) is 13.0 Å². The van der Waals surface area contributed by atoms with Crippen LogP contribution < -0.4 is 0 Å². The van der Waals surface area contributed by atoms with Gasteiger partial charge in [-0.2, -0.15) is 0 Å². The highest BCUT2D eigenvalue weighted by Gasteiger charge is 2.41. The van der Waals surface area contributed by atoms with E-state index < -0.39 is 20.4 Å². The molecule has 0 aromatic rings. The molecule has 0 spiro atoms. The lowest BCUT2D eigenvalue weighted by atomic mass is 10.1. The second-order valence-electron chi connectivity index (χ2n) is 6.90. The van der Waals surface area contributed by atoms with Gasteiger partial charge in [0.1, 0.15) is 5.70 Å². The summed E-state index contributed by atoms with van der Waals surface area (Å²) < 4.78 is 15.8. The number of ether oxygens (including phenoxy) is 2. The van der Waals surface area contributed by atoms with Gasteiger partial charge in [-0.25, -0.2) is 9.59 Å². The smallest absolute Gasteiger partial charge is 0.414 e. The summed E-state index contributed by atoms with van der Waals surface area (Å²) in [4.78, 5) is 25.0. The van der Waals surface area contributed by atoms with Gasteiger partial charge in [0.25, 0.3) is 0 Å². The van der Waals surface area contributed by atoms with Crippen molar-refractivity contribution in [2.45, 2.75) is 51.4 Å². The number of hydrogen-bond donors (Lipinski definition) is 0. The molecule has 1 heterocycles. The normalized spacial score (nSPS) is 19.5. The third-order valence-corrected chi connectivity index (χ3v) is 8.84. The molecule has 6 nitrogen and oxygen atoms in total. The Bertz CT molecular complexity index is 467. The molecule has 1 atom stereocenters. The predicted octanol–water partition coefficient (Wildman–Crippen LogP) is 2.91. The van der Waals surface area contributed by atoms with E-state index in [1.54, 1.807) is 6.08 Å². The van der Waals surface area contributed by atoms with Gasteiger partial charge in [-0.3, -0.25) is 4.90 Å². The van der Waals surface area contributed by atoms with Crippen LogP contribution in [0.1, 0.15) is 27.2 Å². The third kappa shape index (κ3) is 4.10. The number of rotatable bonds is 3. The molecular weight excluding hydrogens is 302 g/mol. The van der Waals surface area contributed by atoms with Crippen molar-refractivity contribution < 1.29 is 23.5 Å². The molecule has 1 aliphatic rings. The number of nitrogens with zero attached hydrogens (tertiary/aromatic N) is 1. The molecule has 0 N–H and O–H groups in total. The van der Waals surface area contributed by atoms with Crippen molar-refractivity contribution in [1.82, 2.24) is 4.90 Å². The fourth-order valence-electron chi connectivity index (χ4n) is 1.99. The summed E-state index contributed by atoms with van der Waals surface area (Å²) in [5, 5.41) is 0.0788. The third-order valence-electron chi connectivity index (χ3n) is 4.31. The highest BCUT2D eigenvalue weighted by molar-refractivity contribution is 6.74. The maximum absolute atomic E-state index is 11.9. The molecule has 0 aliphatic carbocycles. The number of carbonyl (C=O) groups is 2. The van der Waals surface area contributed by atoms with E-state index in [2.05, 4.69) is 33.9 Å². The van der Waals surface area contributed by atoms with Crippen molar-refractivity contribution in [2.75, 3.05) is 20.8 Å². The number of esters is 1. The predicted molar refractivity (Wildman–Crippen MR) is 85.9 cm³/mol. The summed E-state index contributed by atoms with van der Waals surface area (Å²) >= 11 is 0. The monoisotopic (exact) mass is 329 g/mol. The molecule has 0 saturated heterocycles. The minimum absolute atomic E-state index is 0.0788. The maximum Gasteiger partial charge on any atom is 0.414 e. The van der Waals surface area contributed by atoms with E-state index in [1.165, 1.54) is 19.1 Å². The molecule has 0 bridgehead atoms. The summed E-state index contributed by atoms with van der Waals surface area (Å²) in [6.45, 7) is 11.1. The van der Waals surface area contributed by atoms with Crippen molar-refractivity contribution in [3.05, 3.63) is 11.8 Å². The minimum Gasteiger partial charge on any atom is -0.464 e. The van der Waals surface area contributed by atoms with Crippen LogP contribution >= 0.6 is 0 Å². The standard InChI is InChI=1S/C15H27NO5Si/c1-15(2,3)22(6,7)21-11-8-9-12(13(17)19-4)16(10-11)14(18)20-5/h9,11H,8,10H2,1-7H3/t11-/m0/s1. The first-order chi connectivity index (χ1) is 10.0. The van der Waals surface area contributed by atoms with Gasteiger partial charge in [-0.1, -0.05) is 26.8 Å². The molecule has 126 valence electrons. The van der Waals surface area contributed by atoms with Gasteiger partial charge in [0.2, 0.25) is 0 Å². The van der Waals surface area contributed by atoms with Crippen LogP contribution in [0.2, 0.25) is 18.1 Å². The number of amides is 1. The molecule has 22 heavy (non-hydrogen) atoms. The molecule has 7 heteroatoms. The highest BCUT2D eigenvalue weighted by atomic mass is 28.4. The van der Waals surface area contributed by atoms with Crippen LogP contribution in [-0.2, 0) is 18.7 Å². The molecule has 1 amide bonds. The number of hydrogen-bond acceptors (Lipinski definition) is 5. The molecule has 1 rings (SSSR count). The van der Waals surface area contributed by atoms with E-state index in [-0.39, 0.29) is 16.8 Å². The molecule has 0 fully saturated rings. The lowest BCUT2D eigenvalue weighted by Crippen LogP contribution is -2.49. The lowest BCUT2D eigenvalue weighted by Gasteiger charge is -2.41. The van der Waals surface area contributed by atoms with E-state index in [0.717, 1.165) is 0 Å². The first kappa shape index (κ1) is 18.7. The highest BCUT2D eigenvalue weighted by Crippen LogP contribution is 2.38. The number of carbonyl (C=O) groups excluding carboxylic acids is 2. The molecule has 1 aliphatic heterocycles. The molecule has 0 aromatic heterocycles. The van der Waals surface area contributed by atoms with E-state index in [9.17, 15) is 9.59 Å². The summed E-state index contributed by atoms with van der Waals surface area (Å²) in [5.74, 6) is -0.545. The van der Waals surface area contributed by atoms with Crippen molar-refractivity contribution in [1.29, 1.82) is 0 Å². The maximum atomic E-state index is 11.9. The first-order valence-electron chi connectivity index (χ1n) is 7.35. The molecule has 0 unspecified atom stereocenters. The molecule has 0 radical (unpaired) electrons. The van der Waals surface area contributed by atoms with Crippen LogP contribution in [0.5, 0.6) is 0 Å². The average Bonchev–Trinajstić information content (AvgIpc) is 2.43. The van der Waals surface area contributed by atoms with Gasteiger partial charge in [0.05, 0.1) is 26.9 Å². The van der Waals surface area contributed by atoms with E-state index in [1.807, 2.05) is 0 Å². The van der Waals surface area contributed by atoms with Gasteiger partial charge in [-0.05, 0) is 24.6 Å². The van der Waals surface area contributed by atoms with Crippen LogP contribution in [-0.4, -0.2) is 52.1 Å². The van der Waals surface area contributed by atoms with Crippen LogP contribution in [0.15, 0.2) is 11.8 Å². The van der Waals surface area contributed by atoms with E-state index in [4.69, 9.17) is 13.9 Å². The van der Waals surface area contributed by atoms with Crippen molar-refractivity contribution >= 4 is 20.4 Å². The summed E-state index contributed by atoms with van der Waals surface area (Å²) in [6, 6.07) is 0. The van der Waals surface area contributed by atoms with Gasteiger partial charge < -0.3 is 13.9 Å². The summed E-state index contributed by atoms with van der Waals surface area (Å²) in [5.41, 5.74) is 0.212. The first-order valence-corrected chi connectivity index (χ1v) is 10.3. The lowest BCUT2D eigenvalue weighted by molar-refractivity contribution is -0.138. The Morgan fingerprint density at radius 3 is 2.27 bits per heavy atom. The fraction of sp³-hybridized carbons (Fsp3) is 0.733. The topological polar surface area (TPSA) is 65.1 Å². The Morgan fingerprint density at radius 1 is 1.23 bits per heavy atom. The van der Waals surface area contributed by atoms with Crippen LogP contribution in [0, 0.1) is 0 Å². The minimum atomic E-state index is -1.95. The van der Waals surface area contributed by atoms with E-state index >= 15 is 0 Å². The van der Waals surface area contributed by atoms with Gasteiger partial charge in [0.15, 0.2) is 8.32 Å². The van der Waals surface area contributed by atoms with Crippen molar-refractivity contribution in [3.63, 3.8) is 0 Å². The Kier molecular flexibility index (Phi) is 5.80. The molecular formula is C15H27NO5Si. The Hall–Kier alpha value is -1.34. The van der Waals surface area contributed by atoms with Crippen LogP contribution in [0.4, 0.5) is 4.79 Å².